The zero-order valence-corrected chi connectivity index (χ0v) is 16.2. The molecule has 6 nitrogen and oxygen atoms in total. The van der Waals surface area contributed by atoms with Gasteiger partial charge in [0.1, 0.15) is 5.75 Å². The van der Waals surface area contributed by atoms with Crippen LogP contribution < -0.4 is 20.5 Å². The van der Waals surface area contributed by atoms with Gasteiger partial charge in [-0.05, 0) is 49.6 Å². The van der Waals surface area contributed by atoms with Crippen LogP contribution in [0, 0.1) is 6.92 Å². The Morgan fingerprint density at radius 1 is 1.18 bits per heavy atom. The molecule has 0 unspecified atom stereocenters. The molecule has 0 aliphatic carbocycles. The molecule has 0 radical (unpaired) electrons. The molecule has 6 heteroatoms. The van der Waals surface area contributed by atoms with E-state index in [9.17, 15) is 9.59 Å². The highest BCUT2D eigenvalue weighted by Gasteiger charge is 2.18. The zero-order valence-electron chi connectivity index (χ0n) is 16.2. The number of methoxy groups -OCH3 is 1. The van der Waals surface area contributed by atoms with Crippen molar-refractivity contribution in [2.45, 2.75) is 19.8 Å². The van der Waals surface area contributed by atoms with E-state index in [2.05, 4.69) is 16.9 Å². The lowest BCUT2D eigenvalue weighted by atomic mass is 10.0. The maximum Gasteiger partial charge on any atom is 0.262 e. The summed E-state index contributed by atoms with van der Waals surface area (Å²) in [6.45, 7) is 2.99. The minimum atomic E-state index is -0.407. The van der Waals surface area contributed by atoms with Crippen molar-refractivity contribution >= 4 is 23.6 Å². The van der Waals surface area contributed by atoms with Crippen LogP contribution in [0.15, 0.2) is 48.5 Å². The molecule has 0 saturated carbocycles. The van der Waals surface area contributed by atoms with E-state index in [1.165, 1.54) is 11.6 Å². The highest BCUT2D eigenvalue weighted by molar-refractivity contribution is 5.94. The lowest BCUT2D eigenvalue weighted by Gasteiger charge is -2.30. The topological polar surface area (TPSA) is 70.7 Å². The number of amides is 2. The van der Waals surface area contributed by atoms with Gasteiger partial charge in [-0.15, -0.1) is 0 Å². The number of hydrazine groups is 1. The molecule has 2 N–H and O–H groups in total. The Hall–Kier alpha value is -3.28. The fourth-order valence-electron chi connectivity index (χ4n) is 3.31. The Kier molecular flexibility index (Phi) is 6.32. The first-order chi connectivity index (χ1) is 13.6. The van der Waals surface area contributed by atoms with Crippen molar-refractivity contribution in [2.24, 2.45) is 0 Å². The first-order valence-electron chi connectivity index (χ1n) is 9.31. The van der Waals surface area contributed by atoms with Gasteiger partial charge in [-0.3, -0.25) is 20.4 Å². The summed E-state index contributed by atoms with van der Waals surface area (Å²) in [4.78, 5) is 26.3. The lowest BCUT2D eigenvalue weighted by Crippen LogP contribution is -2.47. The standard InChI is InChI=1S/C22H25N3O3/c1-16-9-11-20(28-2)18(14-16)10-12-21(26)23-24-22(27)15-25-13-5-7-17-6-3-4-8-19(17)25/h3-4,6,8-12,14H,5,7,13,15H2,1-2H3,(H,23,26)(H,24,27)/b12-10+. The SMILES string of the molecule is COc1ccc(C)cc1/C=C/C(=O)NNC(=O)CN1CCCc2ccccc21. The summed E-state index contributed by atoms with van der Waals surface area (Å²) in [5.74, 6) is 0.0185. The monoisotopic (exact) mass is 379 g/mol. The van der Waals surface area contributed by atoms with Crippen molar-refractivity contribution in [3.8, 4) is 5.75 Å². The van der Waals surface area contributed by atoms with Gasteiger partial charge in [0.25, 0.3) is 11.8 Å². The molecule has 0 aromatic heterocycles. The van der Waals surface area contributed by atoms with Crippen LogP contribution in [0.4, 0.5) is 5.69 Å². The molecule has 3 rings (SSSR count). The summed E-state index contributed by atoms with van der Waals surface area (Å²) in [7, 11) is 1.58. The van der Waals surface area contributed by atoms with E-state index in [1.807, 2.05) is 48.2 Å². The second-order valence-corrected chi connectivity index (χ2v) is 6.77. The van der Waals surface area contributed by atoms with Crippen molar-refractivity contribution in [1.82, 2.24) is 10.9 Å². The lowest BCUT2D eigenvalue weighted by molar-refractivity contribution is -0.125. The largest absolute Gasteiger partial charge is 0.496 e. The van der Waals surface area contributed by atoms with E-state index in [-0.39, 0.29) is 12.5 Å². The number of rotatable bonds is 5. The summed E-state index contributed by atoms with van der Waals surface area (Å²) < 4.78 is 5.29. The second kappa shape index (κ2) is 9.08. The van der Waals surface area contributed by atoms with E-state index in [0.29, 0.717) is 5.75 Å². The number of hydrogen-bond acceptors (Lipinski definition) is 4. The van der Waals surface area contributed by atoms with Crippen molar-refractivity contribution in [3.05, 3.63) is 65.2 Å². The molecule has 0 saturated heterocycles. The van der Waals surface area contributed by atoms with Gasteiger partial charge in [0.2, 0.25) is 0 Å². The molecule has 0 fully saturated rings. The molecule has 2 aromatic carbocycles. The first-order valence-corrected chi connectivity index (χ1v) is 9.31. The molecular formula is C22H25N3O3. The van der Waals surface area contributed by atoms with E-state index in [4.69, 9.17) is 4.74 Å². The van der Waals surface area contributed by atoms with Crippen LogP contribution in [-0.2, 0) is 16.0 Å². The van der Waals surface area contributed by atoms with Crippen LogP contribution >= 0.6 is 0 Å². The Morgan fingerprint density at radius 2 is 2.00 bits per heavy atom. The van der Waals surface area contributed by atoms with Crippen LogP contribution in [0.2, 0.25) is 0 Å². The fraction of sp³-hybridized carbons (Fsp3) is 0.273. The number of aryl methyl sites for hydroxylation is 2. The van der Waals surface area contributed by atoms with Gasteiger partial charge in [0.05, 0.1) is 13.7 Å². The van der Waals surface area contributed by atoms with Crippen LogP contribution in [0.1, 0.15) is 23.1 Å². The normalized spacial score (nSPS) is 13.1. The van der Waals surface area contributed by atoms with E-state index in [1.54, 1.807) is 13.2 Å². The molecule has 2 aromatic rings. The molecule has 2 amide bonds. The molecule has 0 bridgehead atoms. The first kappa shape index (κ1) is 19.5. The predicted molar refractivity (Wildman–Crippen MR) is 110 cm³/mol. The van der Waals surface area contributed by atoms with Crippen molar-refractivity contribution in [3.63, 3.8) is 0 Å². The summed E-state index contributed by atoms with van der Waals surface area (Å²) >= 11 is 0. The summed E-state index contributed by atoms with van der Waals surface area (Å²) in [6, 6.07) is 13.8. The molecule has 146 valence electrons. The smallest absolute Gasteiger partial charge is 0.262 e. The third-order valence-corrected chi connectivity index (χ3v) is 4.67. The highest BCUT2D eigenvalue weighted by Crippen LogP contribution is 2.26. The number of carbonyl (C=O) groups is 2. The zero-order chi connectivity index (χ0) is 19.9. The number of nitrogens with zero attached hydrogens (tertiary/aromatic N) is 1. The van der Waals surface area contributed by atoms with Crippen LogP contribution in [0.5, 0.6) is 5.75 Å². The Balaban J connectivity index is 1.53. The average molecular weight is 379 g/mol. The number of benzene rings is 2. The third-order valence-electron chi connectivity index (χ3n) is 4.67. The van der Waals surface area contributed by atoms with E-state index >= 15 is 0 Å². The number of fused-ring (bicyclic) bond motifs is 1. The van der Waals surface area contributed by atoms with Gasteiger partial charge in [-0.25, -0.2) is 0 Å². The van der Waals surface area contributed by atoms with E-state index in [0.717, 1.165) is 36.2 Å². The molecule has 1 aliphatic heterocycles. The molecule has 1 heterocycles. The average Bonchev–Trinajstić information content (AvgIpc) is 2.71. The maximum absolute atomic E-state index is 12.2. The number of para-hydroxylation sites is 1. The molecular weight excluding hydrogens is 354 g/mol. The minimum absolute atomic E-state index is 0.201. The van der Waals surface area contributed by atoms with Crippen molar-refractivity contribution in [1.29, 1.82) is 0 Å². The molecule has 28 heavy (non-hydrogen) atoms. The Bertz CT molecular complexity index is 892. The second-order valence-electron chi connectivity index (χ2n) is 6.77. The van der Waals surface area contributed by atoms with Gasteiger partial charge in [0, 0.05) is 23.9 Å². The Labute approximate surface area is 165 Å². The molecule has 0 spiro atoms. The summed E-state index contributed by atoms with van der Waals surface area (Å²) in [5, 5.41) is 0. The fourth-order valence-corrected chi connectivity index (χ4v) is 3.31. The summed E-state index contributed by atoms with van der Waals surface area (Å²) in [5.41, 5.74) is 9.10. The number of ether oxygens (including phenoxy) is 1. The quantitative estimate of drug-likeness (QED) is 0.619. The number of carbonyl (C=O) groups excluding carboxylic acids is 2. The van der Waals surface area contributed by atoms with Gasteiger partial charge in [-0.2, -0.15) is 0 Å². The number of anilines is 1. The van der Waals surface area contributed by atoms with E-state index < -0.39 is 5.91 Å². The highest BCUT2D eigenvalue weighted by atomic mass is 16.5. The summed E-state index contributed by atoms with van der Waals surface area (Å²) in [6.07, 6.45) is 5.07. The van der Waals surface area contributed by atoms with Gasteiger partial charge in [-0.1, -0.05) is 29.8 Å². The van der Waals surface area contributed by atoms with Crippen molar-refractivity contribution < 1.29 is 14.3 Å². The third kappa shape index (κ3) is 4.91. The van der Waals surface area contributed by atoms with Crippen LogP contribution in [0.25, 0.3) is 6.08 Å². The number of nitrogens with one attached hydrogen (secondary N) is 2. The Morgan fingerprint density at radius 3 is 2.82 bits per heavy atom. The number of hydrogen-bond donors (Lipinski definition) is 2. The molecule has 1 aliphatic rings. The van der Waals surface area contributed by atoms with Crippen LogP contribution in [0.3, 0.4) is 0 Å². The maximum atomic E-state index is 12.2. The van der Waals surface area contributed by atoms with Gasteiger partial charge < -0.3 is 9.64 Å². The molecule has 0 atom stereocenters. The van der Waals surface area contributed by atoms with Gasteiger partial charge in [0.15, 0.2) is 0 Å². The minimum Gasteiger partial charge on any atom is -0.496 e. The van der Waals surface area contributed by atoms with Crippen molar-refractivity contribution in [2.75, 3.05) is 25.1 Å². The predicted octanol–water partition coefficient (Wildman–Crippen LogP) is 2.62. The van der Waals surface area contributed by atoms with Gasteiger partial charge >= 0.3 is 0 Å². The van der Waals surface area contributed by atoms with Crippen LogP contribution in [-0.4, -0.2) is 32.0 Å².